The van der Waals surface area contributed by atoms with E-state index in [1.54, 1.807) is 18.2 Å². The zero-order valence-corrected chi connectivity index (χ0v) is 18.5. The van der Waals surface area contributed by atoms with Gasteiger partial charge in [0, 0.05) is 50.5 Å². The Balaban J connectivity index is 1.44. The Bertz CT molecular complexity index is 1070. The number of anilines is 1. The zero-order chi connectivity index (χ0) is 22.0. The van der Waals surface area contributed by atoms with Crippen molar-refractivity contribution in [2.45, 2.75) is 11.8 Å². The van der Waals surface area contributed by atoms with Gasteiger partial charge in [-0.3, -0.25) is 4.79 Å². The second kappa shape index (κ2) is 8.82. The van der Waals surface area contributed by atoms with E-state index in [4.69, 9.17) is 5.73 Å². The summed E-state index contributed by atoms with van der Waals surface area (Å²) < 4.78 is 27.0. The van der Waals surface area contributed by atoms with Gasteiger partial charge in [0.2, 0.25) is 15.9 Å². The number of hydrogen-bond donors (Lipinski definition) is 1. The van der Waals surface area contributed by atoms with Crippen LogP contribution in [0, 0.1) is 0 Å². The molecule has 1 amide bonds. The molecule has 0 radical (unpaired) electrons. The third kappa shape index (κ3) is 4.51. The maximum Gasteiger partial charge on any atom is 0.245 e. The molecule has 1 fully saturated rings. The first-order chi connectivity index (χ1) is 14.9. The van der Waals surface area contributed by atoms with Crippen molar-refractivity contribution in [1.29, 1.82) is 0 Å². The van der Waals surface area contributed by atoms with E-state index in [1.165, 1.54) is 9.99 Å². The van der Waals surface area contributed by atoms with Gasteiger partial charge in [0.05, 0.1) is 4.90 Å². The minimum absolute atomic E-state index is 0.0212. The molecule has 1 saturated heterocycles. The molecule has 2 aliphatic heterocycles. The summed E-state index contributed by atoms with van der Waals surface area (Å²) >= 11 is 0. The Morgan fingerprint density at radius 2 is 1.52 bits per heavy atom. The SMILES string of the molecule is CCN1CCN(c2ccc(-c3ccc(S(=O)(=O)N4CC=C(C(N)=O)C4)cc3)cc2)CC1. The van der Waals surface area contributed by atoms with Crippen molar-refractivity contribution in [3.8, 4) is 11.1 Å². The molecule has 2 aromatic carbocycles. The average Bonchev–Trinajstić information content (AvgIpc) is 3.31. The number of carbonyl (C=O) groups is 1. The van der Waals surface area contributed by atoms with Crippen LogP contribution in [0.15, 0.2) is 65.1 Å². The van der Waals surface area contributed by atoms with Gasteiger partial charge in [-0.1, -0.05) is 37.3 Å². The first-order valence-corrected chi connectivity index (χ1v) is 12.0. The number of nitrogens with two attached hydrogens (primary N) is 1. The number of hydrogen-bond acceptors (Lipinski definition) is 5. The van der Waals surface area contributed by atoms with Crippen LogP contribution in [0.5, 0.6) is 0 Å². The number of amides is 1. The number of sulfonamides is 1. The van der Waals surface area contributed by atoms with Crippen LogP contribution in [0.3, 0.4) is 0 Å². The van der Waals surface area contributed by atoms with Crippen LogP contribution in [0.25, 0.3) is 11.1 Å². The Morgan fingerprint density at radius 1 is 0.935 bits per heavy atom. The van der Waals surface area contributed by atoms with Crippen molar-refractivity contribution >= 4 is 21.6 Å². The predicted octanol–water partition coefficient (Wildman–Crippen LogP) is 1.91. The second-order valence-corrected chi connectivity index (χ2v) is 9.82. The highest BCUT2D eigenvalue weighted by atomic mass is 32.2. The standard InChI is InChI=1S/C23H28N4O3S/c1-2-25-13-15-26(16-14-25)21-7-3-18(4-8-21)19-5-9-22(10-6-19)31(29,30)27-12-11-20(17-27)23(24)28/h3-11H,2,12-17H2,1H3,(H2,24,28). The van der Waals surface area contributed by atoms with E-state index < -0.39 is 15.9 Å². The molecule has 2 N–H and O–H groups in total. The largest absolute Gasteiger partial charge is 0.369 e. The third-order valence-electron chi connectivity index (χ3n) is 6.08. The molecule has 8 heteroatoms. The lowest BCUT2D eigenvalue weighted by Crippen LogP contribution is -2.46. The molecule has 0 bridgehead atoms. The van der Waals surface area contributed by atoms with Gasteiger partial charge in [0.15, 0.2) is 0 Å². The molecule has 4 rings (SSSR count). The second-order valence-electron chi connectivity index (χ2n) is 7.88. The summed E-state index contributed by atoms with van der Waals surface area (Å²) in [6.45, 7) is 7.71. The number of likely N-dealkylation sites (N-methyl/N-ethyl adjacent to an activating group) is 1. The van der Waals surface area contributed by atoms with Gasteiger partial charge in [-0.15, -0.1) is 0 Å². The van der Waals surface area contributed by atoms with E-state index in [-0.39, 0.29) is 18.0 Å². The van der Waals surface area contributed by atoms with Crippen molar-refractivity contribution in [3.63, 3.8) is 0 Å². The molecular weight excluding hydrogens is 412 g/mol. The first-order valence-electron chi connectivity index (χ1n) is 10.6. The van der Waals surface area contributed by atoms with Crippen molar-refractivity contribution < 1.29 is 13.2 Å². The lowest BCUT2D eigenvalue weighted by Gasteiger charge is -2.35. The monoisotopic (exact) mass is 440 g/mol. The van der Waals surface area contributed by atoms with Gasteiger partial charge < -0.3 is 15.5 Å². The number of piperazine rings is 1. The summed E-state index contributed by atoms with van der Waals surface area (Å²) in [5.74, 6) is -0.580. The normalized spacial score (nSPS) is 18.2. The molecule has 2 aromatic rings. The minimum Gasteiger partial charge on any atom is -0.369 e. The van der Waals surface area contributed by atoms with Crippen molar-refractivity contribution in [2.24, 2.45) is 5.73 Å². The third-order valence-corrected chi connectivity index (χ3v) is 7.91. The van der Waals surface area contributed by atoms with Crippen LogP contribution in [0.2, 0.25) is 0 Å². The molecule has 0 aliphatic carbocycles. The molecule has 164 valence electrons. The average molecular weight is 441 g/mol. The highest BCUT2D eigenvalue weighted by molar-refractivity contribution is 7.89. The van der Waals surface area contributed by atoms with E-state index in [0.29, 0.717) is 5.57 Å². The lowest BCUT2D eigenvalue weighted by molar-refractivity contribution is -0.114. The van der Waals surface area contributed by atoms with Crippen LogP contribution in [0.1, 0.15) is 6.92 Å². The van der Waals surface area contributed by atoms with E-state index in [1.807, 2.05) is 12.1 Å². The van der Waals surface area contributed by atoms with Gasteiger partial charge in [0.25, 0.3) is 0 Å². The summed E-state index contributed by atoms with van der Waals surface area (Å²) in [5, 5.41) is 0. The van der Waals surface area contributed by atoms with Gasteiger partial charge in [-0.05, 0) is 41.9 Å². The van der Waals surface area contributed by atoms with Gasteiger partial charge in [-0.2, -0.15) is 4.31 Å². The number of carbonyl (C=O) groups excluding carboxylic acids is 1. The van der Waals surface area contributed by atoms with E-state index >= 15 is 0 Å². The molecule has 0 aromatic heterocycles. The van der Waals surface area contributed by atoms with Crippen LogP contribution in [0.4, 0.5) is 5.69 Å². The summed E-state index contributed by atoms with van der Waals surface area (Å²) in [4.78, 5) is 16.4. The maximum atomic E-state index is 12.8. The van der Waals surface area contributed by atoms with Crippen LogP contribution in [-0.4, -0.2) is 69.3 Å². The molecule has 0 saturated carbocycles. The number of benzene rings is 2. The smallest absolute Gasteiger partial charge is 0.245 e. The van der Waals surface area contributed by atoms with E-state index in [9.17, 15) is 13.2 Å². The van der Waals surface area contributed by atoms with Crippen LogP contribution in [-0.2, 0) is 14.8 Å². The highest BCUT2D eigenvalue weighted by Gasteiger charge is 2.29. The molecular formula is C23H28N4O3S. The zero-order valence-electron chi connectivity index (χ0n) is 17.7. The lowest BCUT2D eigenvalue weighted by atomic mass is 10.1. The number of nitrogens with zero attached hydrogens (tertiary/aromatic N) is 3. The minimum atomic E-state index is -3.67. The van der Waals surface area contributed by atoms with E-state index in [0.717, 1.165) is 43.9 Å². The Morgan fingerprint density at radius 3 is 2.03 bits per heavy atom. The molecule has 7 nitrogen and oxygen atoms in total. The predicted molar refractivity (Wildman–Crippen MR) is 122 cm³/mol. The van der Waals surface area contributed by atoms with Gasteiger partial charge in [0.1, 0.15) is 0 Å². The summed E-state index contributed by atoms with van der Waals surface area (Å²) in [5.41, 5.74) is 8.80. The fourth-order valence-corrected chi connectivity index (χ4v) is 5.41. The van der Waals surface area contributed by atoms with Crippen molar-refractivity contribution in [1.82, 2.24) is 9.21 Å². The maximum absolute atomic E-state index is 12.8. The first kappa shape index (κ1) is 21.5. The van der Waals surface area contributed by atoms with Gasteiger partial charge >= 0.3 is 0 Å². The fraction of sp³-hybridized carbons (Fsp3) is 0.348. The van der Waals surface area contributed by atoms with Gasteiger partial charge in [-0.25, -0.2) is 8.42 Å². The van der Waals surface area contributed by atoms with E-state index in [2.05, 4.69) is 41.0 Å². The molecule has 2 aliphatic rings. The quantitative estimate of drug-likeness (QED) is 0.742. The molecule has 31 heavy (non-hydrogen) atoms. The molecule has 2 heterocycles. The van der Waals surface area contributed by atoms with Crippen LogP contribution < -0.4 is 10.6 Å². The van der Waals surface area contributed by atoms with Crippen LogP contribution >= 0.6 is 0 Å². The fourth-order valence-electron chi connectivity index (χ4n) is 4.05. The Labute approximate surface area is 183 Å². The summed E-state index contributed by atoms with van der Waals surface area (Å²) in [6, 6.07) is 15.3. The van der Waals surface area contributed by atoms with Crippen molar-refractivity contribution in [3.05, 3.63) is 60.2 Å². The summed E-state index contributed by atoms with van der Waals surface area (Å²) in [6.07, 6.45) is 1.57. The Kier molecular flexibility index (Phi) is 6.13. The number of primary amides is 1. The number of rotatable bonds is 6. The summed E-state index contributed by atoms with van der Waals surface area (Å²) in [7, 11) is -3.67. The Hall–Kier alpha value is -2.68. The highest BCUT2D eigenvalue weighted by Crippen LogP contribution is 2.27. The molecule has 0 spiro atoms. The van der Waals surface area contributed by atoms with Crippen molar-refractivity contribution in [2.75, 3.05) is 50.7 Å². The molecule has 0 unspecified atom stereocenters. The molecule has 0 atom stereocenters. The topological polar surface area (TPSA) is 87.0 Å².